The Kier molecular flexibility index (Phi) is 4.60. The van der Waals surface area contributed by atoms with Gasteiger partial charge in [0.05, 0.1) is 5.60 Å². The van der Waals surface area contributed by atoms with E-state index in [1.54, 1.807) is 0 Å². The van der Waals surface area contributed by atoms with Gasteiger partial charge in [-0.3, -0.25) is 10.5 Å². The van der Waals surface area contributed by atoms with E-state index >= 15 is 0 Å². The van der Waals surface area contributed by atoms with Crippen LogP contribution in [0, 0.1) is 0 Å². The van der Waals surface area contributed by atoms with E-state index in [0.29, 0.717) is 0 Å². The second-order valence-corrected chi connectivity index (χ2v) is 3.06. The van der Waals surface area contributed by atoms with Gasteiger partial charge in [0.15, 0.2) is 0 Å². The second kappa shape index (κ2) is 4.66. The van der Waals surface area contributed by atoms with Crippen molar-refractivity contribution in [3.05, 3.63) is 0 Å². The van der Waals surface area contributed by atoms with Crippen molar-refractivity contribution in [2.45, 2.75) is 44.6 Å². The summed E-state index contributed by atoms with van der Waals surface area (Å²) >= 11 is 0. The van der Waals surface area contributed by atoms with Crippen LogP contribution < -0.4 is 0 Å². The van der Waals surface area contributed by atoms with Gasteiger partial charge in [0.1, 0.15) is 0 Å². The highest BCUT2D eigenvalue weighted by Gasteiger charge is 2.22. The molecule has 0 atom stereocenters. The van der Waals surface area contributed by atoms with Gasteiger partial charge >= 0.3 is 0 Å². The van der Waals surface area contributed by atoms with E-state index in [-0.39, 0.29) is 5.60 Å². The van der Waals surface area contributed by atoms with Crippen LogP contribution in [0.1, 0.15) is 39.0 Å². The third kappa shape index (κ3) is 3.82. The molecule has 0 radical (unpaired) electrons. The first-order valence-corrected chi connectivity index (χ1v) is 3.63. The molecule has 0 aromatic carbocycles. The Morgan fingerprint density at radius 2 is 1.40 bits per heavy atom. The van der Waals surface area contributed by atoms with E-state index in [9.17, 15) is 5.11 Å². The Morgan fingerprint density at radius 3 is 1.60 bits per heavy atom. The molecule has 0 spiro atoms. The predicted molar refractivity (Wildman–Crippen MR) is 39.0 cm³/mol. The molecule has 0 amide bonds. The quantitative estimate of drug-likeness (QED) is 0.362. The van der Waals surface area contributed by atoms with Gasteiger partial charge in [-0.15, -0.1) is 0 Å². The molecule has 3 nitrogen and oxygen atoms in total. The monoisotopic (exact) mass is 148 g/mol. The molecular formula is C7H16O3. The molecule has 1 aliphatic carbocycles. The zero-order valence-corrected chi connectivity index (χ0v) is 6.38. The second-order valence-electron chi connectivity index (χ2n) is 3.06. The van der Waals surface area contributed by atoms with Crippen molar-refractivity contribution in [3.63, 3.8) is 0 Å². The van der Waals surface area contributed by atoms with Crippen molar-refractivity contribution >= 4 is 0 Å². The van der Waals surface area contributed by atoms with Crippen molar-refractivity contribution in [2.24, 2.45) is 0 Å². The average molecular weight is 148 g/mol. The molecule has 1 fully saturated rings. The lowest BCUT2D eigenvalue weighted by Crippen LogP contribution is -2.26. The van der Waals surface area contributed by atoms with Gasteiger partial charge in [0.25, 0.3) is 0 Å². The smallest absolute Gasteiger partial charge is 0.0619 e. The van der Waals surface area contributed by atoms with Crippen LogP contribution in [0.3, 0.4) is 0 Å². The third-order valence-electron chi connectivity index (χ3n) is 1.93. The zero-order chi connectivity index (χ0) is 8.04. The maximum atomic E-state index is 9.37. The molecule has 0 bridgehead atoms. The van der Waals surface area contributed by atoms with Crippen LogP contribution in [0.15, 0.2) is 0 Å². The van der Waals surface area contributed by atoms with Crippen LogP contribution in [-0.2, 0) is 0 Å². The number of hydrogen-bond acceptors (Lipinski definition) is 3. The summed E-state index contributed by atoms with van der Waals surface area (Å²) in [7, 11) is 0. The Balaban J connectivity index is 0.000000371. The van der Waals surface area contributed by atoms with Crippen molar-refractivity contribution in [2.75, 3.05) is 0 Å². The first-order valence-electron chi connectivity index (χ1n) is 3.63. The molecule has 0 aromatic rings. The fourth-order valence-electron chi connectivity index (χ4n) is 1.31. The SMILES string of the molecule is CC1(O)CCCCC1.OO. The fraction of sp³-hybridized carbons (Fsp3) is 1.00. The summed E-state index contributed by atoms with van der Waals surface area (Å²) in [5, 5.41) is 21.4. The maximum Gasteiger partial charge on any atom is 0.0619 e. The molecule has 0 unspecified atom stereocenters. The molecule has 3 heteroatoms. The summed E-state index contributed by atoms with van der Waals surface area (Å²) in [4.78, 5) is 0. The largest absolute Gasteiger partial charge is 0.390 e. The molecule has 10 heavy (non-hydrogen) atoms. The van der Waals surface area contributed by atoms with Crippen LogP contribution in [-0.4, -0.2) is 21.2 Å². The normalized spacial score (nSPS) is 22.8. The fourth-order valence-corrected chi connectivity index (χ4v) is 1.31. The van der Waals surface area contributed by atoms with E-state index in [0.717, 1.165) is 12.8 Å². The Morgan fingerprint density at radius 1 is 1.00 bits per heavy atom. The molecule has 0 heterocycles. The van der Waals surface area contributed by atoms with Crippen molar-refractivity contribution < 1.29 is 15.6 Å². The van der Waals surface area contributed by atoms with E-state index in [4.69, 9.17) is 10.5 Å². The maximum absolute atomic E-state index is 9.37. The zero-order valence-electron chi connectivity index (χ0n) is 6.38. The molecular weight excluding hydrogens is 132 g/mol. The van der Waals surface area contributed by atoms with E-state index < -0.39 is 0 Å². The highest BCUT2D eigenvalue weighted by molar-refractivity contribution is 4.76. The molecule has 0 aromatic heterocycles. The molecule has 62 valence electrons. The molecule has 1 aliphatic rings. The van der Waals surface area contributed by atoms with Gasteiger partial charge in [0, 0.05) is 0 Å². The number of aliphatic hydroxyl groups is 1. The minimum atomic E-state index is -0.321. The Labute approximate surface area is 61.2 Å². The lowest BCUT2D eigenvalue weighted by molar-refractivity contribution is -0.176. The first kappa shape index (κ1) is 9.88. The lowest BCUT2D eigenvalue weighted by Gasteiger charge is -2.27. The van der Waals surface area contributed by atoms with Crippen LogP contribution >= 0.6 is 0 Å². The number of hydrogen-bond donors (Lipinski definition) is 3. The summed E-state index contributed by atoms with van der Waals surface area (Å²) in [6.45, 7) is 1.94. The Hall–Kier alpha value is -0.120. The van der Waals surface area contributed by atoms with Gasteiger partial charge in [0.2, 0.25) is 0 Å². The summed E-state index contributed by atoms with van der Waals surface area (Å²) in [5.74, 6) is 0. The van der Waals surface area contributed by atoms with E-state index in [2.05, 4.69) is 0 Å². The highest BCUT2D eigenvalue weighted by atomic mass is 17.0. The Bertz CT molecular complexity index is 72.9. The van der Waals surface area contributed by atoms with Crippen LogP contribution in [0.25, 0.3) is 0 Å². The number of rotatable bonds is 0. The van der Waals surface area contributed by atoms with E-state index in [1.807, 2.05) is 6.92 Å². The molecule has 1 saturated carbocycles. The molecule has 0 saturated heterocycles. The van der Waals surface area contributed by atoms with Crippen LogP contribution in [0.2, 0.25) is 0 Å². The summed E-state index contributed by atoms with van der Waals surface area (Å²) in [6.07, 6.45) is 5.76. The summed E-state index contributed by atoms with van der Waals surface area (Å²) < 4.78 is 0. The topological polar surface area (TPSA) is 60.7 Å². The summed E-state index contributed by atoms with van der Waals surface area (Å²) in [5.41, 5.74) is -0.321. The van der Waals surface area contributed by atoms with E-state index in [1.165, 1.54) is 19.3 Å². The van der Waals surface area contributed by atoms with Gasteiger partial charge in [-0.1, -0.05) is 19.3 Å². The minimum Gasteiger partial charge on any atom is -0.390 e. The highest BCUT2D eigenvalue weighted by Crippen LogP contribution is 2.26. The molecule has 0 aliphatic heterocycles. The van der Waals surface area contributed by atoms with Gasteiger partial charge in [-0.2, -0.15) is 0 Å². The minimum absolute atomic E-state index is 0.321. The molecule has 1 rings (SSSR count). The van der Waals surface area contributed by atoms with Crippen molar-refractivity contribution in [1.29, 1.82) is 0 Å². The average Bonchev–Trinajstić information content (AvgIpc) is 1.92. The summed E-state index contributed by atoms with van der Waals surface area (Å²) in [6, 6.07) is 0. The standard InChI is InChI=1S/C7H14O.H2O2/c1-7(8)5-3-2-4-6-7;1-2/h8H,2-6H2,1H3;1-2H. The van der Waals surface area contributed by atoms with Crippen molar-refractivity contribution in [1.82, 2.24) is 0 Å². The molecule has 3 N–H and O–H groups in total. The first-order chi connectivity index (χ1) is 4.71. The van der Waals surface area contributed by atoms with Gasteiger partial charge < -0.3 is 5.11 Å². The van der Waals surface area contributed by atoms with Crippen LogP contribution in [0.4, 0.5) is 0 Å². The predicted octanol–water partition coefficient (Wildman–Crippen LogP) is 1.72. The lowest BCUT2D eigenvalue weighted by atomic mass is 9.87. The third-order valence-corrected chi connectivity index (χ3v) is 1.93. The van der Waals surface area contributed by atoms with Gasteiger partial charge in [-0.25, -0.2) is 0 Å². The van der Waals surface area contributed by atoms with Gasteiger partial charge in [-0.05, 0) is 19.8 Å². The van der Waals surface area contributed by atoms with Crippen molar-refractivity contribution in [3.8, 4) is 0 Å². The van der Waals surface area contributed by atoms with Crippen LogP contribution in [0.5, 0.6) is 0 Å².